The molecule has 0 bridgehead atoms. The number of hydrogen-bond acceptors (Lipinski definition) is 7. The van der Waals surface area contributed by atoms with Gasteiger partial charge >= 0.3 is 11.9 Å². The SMILES string of the molecule is COCCn1c(-c2ccc(F)cc2)cnc1NCc1ccc(OCc2ccccc2)c(OC)c1.O=C(O)C(=O)O. The lowest BCUT2D eigenvalue weighted by Gasteiger charge is -2.15. The maximum absolute atomic E-state index is 13.4. The number of methoxy groups -OCH3 is 2. The minimum Gasteiger partial charge on any atom is -0.493 e. The highest BCUT2D eigenvalue weighted by molar-refractivity contribution is 6.27. The Morgan fingerprint density at radius 1 is 0.925 bits per heavy atom. The molecule has 10 nitrogen and oxygen atoms in total. The highest BCUT2D eigenvalue weighted by Gasteiger charge is 2.13. The second-order valence-electron chi connectivity index (χ2n) is 8.34. The van der Waals surface area contributed by atoms with E-state index in [0.29, 0.717) is 43.8 Å². The van der Waals surface area contributed by atoms with Gasteiger partial charge in [0.2, 0.25) is 5.95 Å². The zero-order valence-corrected chi connectivity index (χ0v) is 22.0. The topological polar surface area (TPSA) is 132 Å². The molecule has 0 amide bonds. The summed E-state index contributed by atoms with van der Waals surface area (Å²) in [7, 11) is 3.30. The van der Waals surface area contributed by atoms with Crippen molar-refractivity contribution in [3.8, 4) is 22.8 Å². The molecular formula is C29H30FN3O7. The van der Waals surface area contributed by atoms with Gasteiger partial charge in [-0.1, -0.05) is 36.4 Å². The molecular weight excluding hydrogens is 521 g/mol. The van der Waals surface area contributed by atoms with Crippen LogP contribution in [0.4, 0.5) is 10.3 Å². The van der Waals surface area contributed by atoms with Gasteiger partial charge in [-0.3, -0.25) is 0 Å². The van der Waals surface area contributed by atoms with Crippen LogP contribution in [0, 0.1) is 5.82 Å². The number of carbonyl (C=O) groups is 2. The third kappa shape index (κ3) is 8.57. The summed E-state index contributed by atoms with van der Waals surface area (Å²) in [6, 6.07) is 22.3. The van der Waals surface area contributed by atoms with Gasteiger partial charge in [0.15, 0.2) is 11.5 Å². The summed E-state index contributed by atoms with van der Waals surface area (Å²) in [4.78, 5) is 22.8. The monoisotopic (exact) mass is 551 g/mol. The van der Waals surface area contributed by atoms with Crippen LogP contribution in [-0.2, 0) is 34.0 Å². The van der Waals surface area contributed by atoms with Crippen LogP contribution < -0.4 is 14.8 Å². The molecule has 0 spiro atoms. The highest BCUT2D eigenvalue weighted by atomic mass is 19.1. The number of carboxylic acids is 2. The molecule has 0 atom stereocenters. The number of carboxylic acid groups (broad SMARTS) is 2. The van der Waals surface area contributed by atoms with Crippen molar-refractivity contribution in [1.29, 1.82) is 0 Å². The van der Waals surface area contributed by atoms with Gasteiger partial charge in [-0.2, -0.15) is 0 Å². The average Bonchev–Trinajstić information content (AvgIpc) is 3.37. The van der Waals surface area contributed by atoms with Crippen LogP contribution in [-0.4, -0.2) is 52.5 Å². The van der Waals surface area contributed by atoms with Crippen LogP contribution in [0.5, 0.6) is 11.5 Å². The Hall–Kier alpha value is -4.90. The molecule has 0 unspecified atom stereocenters. The Kier molecular flexibility index (Phi) is 11.0. The van der Waals surface area contributed by atoms with E-state index in [2.05, 4.69) is 10.3 Å². The molecule has 0 radical (unpaired) electrons. The summed E-state index contributed by atoms with van der Waals surface area (Å²) < 4.78 is 32.2. The predicted octanol–water partition coefficient (Wildman–Crippen LogP) is 4.69. The Labute approximate surface area is 230 Å². The van der Waals surface area contributed by atoms with Crippen LogP contribution in [0.25, 0.3) is 11.3 Å². The summed E-state index contributed by atoms with van der Waals surface area (Å²) in [5.74, 6) is -1.85. The zero-order valence-electron chi connectivity index (χ0n) is 22.0. The molecule has 40 heavy (non-hydrogen) atoms. The van der Waals surface area contributed by atoms with Crippen molar-refractivity contribution in [2.24, 2.45) is 0 Å². The van der Waals surface area contributed by atoms with Crippen LogP contribution in [0.1, 0.15) is 11.1 Å². The fraction of sp³-hybridized carbons (Fsp3) is 0.207. The maximum atomic E-state index is 13.4. The van der Waals surface area contributed by atoms with Crippen molar-refractivity contribution in [2.45, 2.75) is 19.7 Å². The van der Waals surface area contributed by atoms with Gasteiger partial charge in [0.1, 0.15) is 12.4 Å². The van der Waals surface area contributed by atoms with Crippen LogP contribution >= 0.6 is 0 Å². The van der Waals surface area contributed by atoms with E-state index >= 15 is 0 Å². The molecule has 0 aliphatic carbocycles. The van der Waals surface area contributed by atoms with Crippen molar-refractivity contribution < 1.29 is 38.4 Å². The first-order valence-corrected chi connectivity index (χ1v) is 12.2. The van der Waals surface area contributed by atoms with Gasteiger partial charge in [0, 0.05) is 25.8 Å². The number of aromatic nitrogens is 2. The lowest BCUT2D eigenvalue weighted by molar-refractivity contribution is -0.159. The average molecular weight is 552 g/mol. The molecule has 3 aromatic carbocycles. The van der Waals surface area contributed by atoms with Crippen molar-refractivity contribution in [2.75, 3.05) is 26.1 Å². The number of aliphatic carboxylic acids is 2. The number of imidazole rings is 1. The number of hydrogen-bond donors (Lipinski definition) is 3. The molecule has 210 valence electrons. The van der Waals surface area contributed by atoms with Crippen molar-refractivity contribution in [3.63, 3.8) is 0 Å². The van der Waals surface area contributed by atoms with E-state index in [4.69, 9.17) is 34.0 Å². The number of benzene rings is 3. The number of ether oxygens (including phenoxy) is 3. The van der Waals surface area contributed by atoms with Crippen LogP contribution in [0.2, 0.25) is 0 Å². The molecule has 3 N–H and O–H groups in total. The van der Waals surface area contributed by atoms with Gasteiger partial charge in [0.25, 0.3) is 0 Å². The number of halogens is 1. The summed E-state index contributed by atoms with van der Waals surface area (Å²) in [6.07, 6.45) is 1.78. The lowest BCUT2D eigenvalue weighted by Crippen LogP contribution is -2.12. The standard InChI is InChI=1S/C27H28FN3O3.C2H2O4/c1-32-15-14-31-24(22-9-11-23(28)12-10-22)18-30-27(31)29-17-21-8-13-25(26(16-21)33-2)34-19-20-6-4-3-5-7-20;3-1(4)2(5)6/h3-13,16,18H,14-15,17,19H2,1-2H3,(H,29,30);(H,3,4)(H,5,6). The fourth-order valence-electron chi connectivity index (χ4n) is 3.63. The molecule has 0 aliphatic heterocycles. The summed E-state index contributed by atoms with van der Waals surface area (Å²) >= 11 is 0. The minimum absolute atomic E-state index is 0.268. The molecule has 11 heteroatoms. The smallest absolute Gasteiger partial charge is 0.414 e. The molecule has 4 rings (SSSR count). The van der Waals surface area contributed by atoms with Crippen LogP contribution in [0.15, 0.2) is 79.0 Å². The normalized spacial score (nSPS) is 10.3. The van der Waals surface area contributed by atoms with Gasteiger partial charge < -0.3 is 34.3 Å². The maximum Gasteiger partial charge on any atom is 0.414 e. The summed E-state index contributed by atoms with van der Waals surface area (Å²) in [6.45, 7) is 2.15. The predicted molar refractivity (Wildman–Crippen MR) is 146 cm³/mol. The van der Waals surface area contributed by atoms with Gasteiger partial charge in [-0.15, -0.1) is 0 Å². The van der Waals surface area contributed by atoms with Crippen molar-refractivity contribution in [3.05, 3.63) is 95.9 Å². The lowest BCUT2D eigenvalue weighted by atomic mass is 10.1. The third-order valence-corrected chi connectivity index (χ3v) is 5.61. The third-order valence-electron chi connectivity index (χ3n) is 5.61. The Balaban J connectivity index is 0.000000663. The number of nitrogens with one attached hydrogen (secondary N) is 1. The van der Waals surface area contributed by atoms with Crippen molar-refractivity contribution >= 4 is 17.9 Å². The van der Waals surface area contributed by atoms with Crippen molar-refractivity contribution in [1.82, 2.24) is 9.55 Å². The van der Waals surface area contributed by atoms with E-state index in [1.54, 1.807) is 32.5 Å². The number of anilines is 1. The van der Waals surface area contributed by atoms with Gasteiger partial charge in [-0.25, -0.2) is 19.0 Å². The molecule has 0 saturated heterocycles. The van der Waals surface area contributed by atoms with E-state index in [1.807, 2.05) is 53.1 Å². The fourth-order valence-corrected chi connectivity index (χ4v) is 3.63. The highest BCUT2D eigenvalue weighted by Crippen LogP contribution is 2.30. The second kappa shape index (κ2) is 14.9. The molecule has 0 saturated carbocycles. The Morgan fingerprint density at radius 2 is 1.62 bits per heavy atom. The van der Waals surface area contributed by atoms with E-state index in [9.17, 15) is 4.39 Å². The summed E-state index contributed by atoms with van der Waals surface area (Å²) in [5, 5.41) is 18.2. The summed E-state index contributed by atoms with van der Waals surface area (Å²) in [5.41, 5.74) is 3.89. The van der Waals surface area contributed by atoms with Gasteiger partial charge in [0.05, 0.1) is 25.6 Å². The Morgan fingerprint density at radius 3 is 2.25 bits per heavy atom. The molecule has 0 fully saturated rings. The minimum atomic E-state index is -1.82. The van der Waals surface area contributed by atoms with Gasteiger partial charge in [-0.05, 0) is 47.5 Å². The Bertz CT molecular complexity index is 1380. The first kappa shape index (κ1) is 29.7. The molecule has 1 heterocycles. The molecule has 1 aromatic heterocycles. The van der Waals surface area contributed by atoms with E-state index in [0.717, 1.165) is 22.4 Å². The first-order chi connectivity index (χ1) is 19.3. The second-order valence-corrected chi connectivity index (χ2v) is 8.34. The zero-order chi connectivity index (χ0) is 28.9. The number of rotatable bonds is 11. The first-order valence-electron chi connectivity index (χ1n) is 12.2. The van der Waals surface area contributed by atoms with E-state index < -0.39 is 11.9 Å². The largest absolute Gasteiger partial charge is 0.493 e. The van der Waals surface area contributed by atoms with E-state index in [-0.39, 0.29) is 5.82 Å². The molecule has 4 aromatic rings. The quantitative estimate of drug-likeness (QED) is 0.227. The number of nitrogens with zero attached hydrogens (tertiary/aromatic N) is 2. The van der Waals surface area contributed by atoms with Crippen LogP contribution in [0.3, 0.4) is 0 Å². The van der Waals surface area contributed by atoms with E-state index in [1.165, 1.54) is 12.1 Å². The molecule has 0 aliphatic rings.